The fourth-order valence-electron chi connectivity index (χ4n) is 2.57. The number of nitrogens with one attached hydrogen (secondary N) is 1. The molecular formula is C16H21N3. The number of nitrogens with two attached hydrogens (primary N) is 1. The van der Waals surface area contributed by atoms with Crippen molar-refractivity contribution in [3.05, 3.63) is 41.9 Å². The first kappa shape index (κ1) is 12.4. The van der Waals surface area contributed by atoms with Crippen molar-refractivity contribution in [3.8, 4) is 11.3 Å². The molecule has 0 saturated heterocycles. The van der Waals surface area contributed by atoms with Crippen LogP contribution in [0.5, 0.6) is 0 Å². The van der Waals surface area contributed by atoms with E-state index >= 15 is 0 Å². The van der Waals surface area contributed by atoms with Crippen LogP contribution in [0.15, 0.2) is 30.5 Å². The molecule has 1 heterocycles. The van der Waals surface area contributed by atoms with Crippen LogP contribution in [-0.2, 0) is 11.8 Å². The van der Waals surface area contributed by atoms with Crippen LogP contribution < -0.4 is 5.73 Å². The molecule has 3 heteroatoms. The van der Waals surface area contributed by atoms with Crippen LogP contribution >= 0.6 is 0 Å². The smallest absolute Gasteiger partial charge is 0.114 e. The number of aromatic nitrogens is 2. The first-order chi connectivity index (χ1) is 9.27. The molecular weight excluding hydrogens is 234 g/mol. The van der Waals surface area contributed by atoms with E-state index in [0.29, 0.717) is 6.54 Å². The predicted octanol–water partition coefficient (Wildman–Crippen LogP) is 3.02. The monoisotopic (exact) mass is 255 g/mol. The fraction of sp³-hybridized carbons (Fsp3) is 0.438. The maximum absolute atomic E-state index is 5.84. The number of rotatable bonds is 5. The Morgan fingerprint density at radius 1 is 1.26 bits per heavy atom. The second-order valence-electron chi connectivity index (χ2n) is 5.58. The highest BCUT2D eigenvalue weighted by Crippen LogP contribution is 2.46. The number of benzene rings is 1. The molecule has 3 N–H and O–H groups in total. The minimum absolute atomic E-state index is 0.139. The molecule has 0 aliphatic heterocycles. The Labute approximate surface area is 114 Å². The topological polar surface area (TPSA) is 54.7 Å². The Morgan fingerprint density at radius 2 is 2.00 bits per heavy atom. The first-order valence-electron chi connectivity index (χ1n) is 7.12. The zero-order valence-electron chi connectivity index (χ0n) is 11.4. The number of nitrogens with zero attached hydrogens (tertiary/aromatic N) is 1. The van der Waals surface area contributed by atoms with Crippen LogP contribution in [0.3, 0.4) is 0 Å². The molecule has 1 aliphatic carbocycles. The van der Waals surface area contributed by atoms with Crippen LogP contribution in [0, 0.1) is 0 Å². The van der Waals surface area contributed by atoms with Crippen molar-refractivity contribution >= 4 is 0 Å². The average Bonchev–Trinajstić information content (AvgIpc) is 3.09. The highest BCUT2D eigenvalue weighted by Gasteiger charge is 2.45. The third-order valence-corrected chi connectivity index (χ3v) is 4.13. The quantitative estimate of drug-likeness (QED) is 0.863. The molecule has 0 atom stereocenters. The standard InChI is InChI=1S/C16H21N3/c1-2-3-12-4-6-13(7-5-12)14-10-18-15(19-14)16(11-17)8-9-16/h4-7,10H,2-3,8-9,11,17H2,1H3,(H,18,19). The van der Waals surface area contributed by atoms with Gasteiger partial charge in [-0.1, -0.05) is 37.6 Å². The van der Waals surface area contributed by atoms with E-state index in [1.165, 1.54) is 17.5 Å². The van der Waals surface area contributed by atoms with E-state index in [4.69, 9.17) is 5.73 Å². The van der Waals surface area contributed by atoms with Crippen molar-refractivity contribution in [2.24, 2.45) is 5.73 Å². The van der Waals surface area contributed by atoms with E-state index in [2.05, 4.69) is 41.2 Å². The summed E-state index contributed by atoms with van der Waals surface area (Å²) in [4.78, 5) is 7.96. The van der Waals surface area contributed by atoms with Crippen molar-refractivity contribution in [2.75, 3.05) is 6.54 Å². The van der Waals surface area contributed by atoms with E-state index in [9.17, 15) is 0 Å². The van der Waals surface area contributed by atoms with Gasteiger partial charge in [-0.05, 0) is 30.4 Å². The second-order valence-corrected chi connectivity index (χ2v) is 5.58. The predicted molar refractivity (Wildman–Crippen MR) is 78.0 cm³/mol. The van der Waals surface area contributed by atoms with Crippen LogP contribution in [0.25, 0.3) is 11.3 Å². The first-order valence-corrected chi connectivity index (χ1v) is 7.12. The van der Waals surface area contributed by atoms with Gasteiger partial charge in [0.2, 0.25) is 0 Å². The lowest BCUT2D eigenvalue weighted by Gasteiger charge is -2.07. The van der Waals surface area contributed by atoms with Crippen molar-refractivity contribution in [1.29, 1.82) is 0 Å². The molecule has 19 heavy (non-hydrogen) atoms. The molecule has 1 saturated carbocycles. The largest absolute Gasteiger partial charge is 0.342 e. The summed E-state index contributed by atoms with van der Waals surface area (Å²) >= 11 is 0. The fourth-order valence-corrected chi connectivity index (χ4v) is 2.57. The van der Waals surface area contributed by atoms with Gasteiger partial charge in [0.05, 0.1) is 11.9 Å². The number of hydrogen-bond donors (Lipinski definition) is 2. The maximum atomic E-state index is 5.84. The van der Waals surface area contributed by atoms with E-state index in [1.54, 1.807) is 0 Å². The van der Waals surface area contributed by atoms with Crippen molar-refractivity contribution < 1.29 is 0 Å². The van der Waals surface area contributed by atoms with Crippen LogP contribution in [0.1, 0.15) is 37.6 Å². The number of H-pyrrole nitrogens is 1. The van der Waals surface area contributed by atoms with Gasteiger partial charge in [0.1, 0.15) is 5.82 Å². The molecule has 2 aromatic rings. The molecule has 1 aromatic carbocycles. The molecule has 3 rings (SSSR count). The van der Waals surface area contributed by atoms with Gasteiger partial charge < -0.3 is 10.7 Å². The van der Waals surface area contributed by atoms with Gasteiger partial charge in [0, 0.05) is 12.0 Å². The number of imidazole rings is 1. The molecule has 3 nitrogen and oxygen atoms in total. The number of aryl methyl sites for hydroxylation is 1. The molecule has 0 spiro atoms. The van der Waals surface area contributed by atoms with E-state index in [1.807, 2.05) is 6.20 Å². The highest BCUT2D eigenvalue weighted by atomic mass is 15.0. The molecule has 1 fully saturated rings. The maximum Gasteiger partial charge on any atom is 0.114 e. The third-order valence-electron chi connectivity index (χ3n) is 4.13. The summed E-state index contributed by atoms with van der Waals surface area (Å²) in [5.74, 6) is 1.06. The molecule has 0 amide bonds. The Balaban J connectivity index is 1.82. The lowest BCUT2D eigenvalue weighted by molar-refractivity contribution is 0.659. The zero-order chi connectivity index (χ0) is 13.3. The van der Waals surface area contributed by atoms with Gasteiger partial charge in [-0.25, -0.2) is 4.98 Å². The molecule has 100 valence electrons. The van der Waals surface area contributed by atoms with Crippen molar-refractivity contribution in [1.82, 2.24) is 9.97 Å². The van der Waals surface area contributed by atoms with Crippen molar-refractivity contribution in [3.63, 3.8) is 0 Å². The summed E-state index contributed by atoms with van der Waals surface area (Å²) in [6, 6.07) is 8.75. The summed E-state index contributed by atoms with van der Waals surface area (Å²) in [7, 11) is 0. The van der Waals surface area contributed by atoms with Crippen LogP contribution in [-0.4, -0.2) is 16.5 Å². The lowest BCUT2D eigenvalue weighted by Crippen LogP contribution is -2.21. The van der Waals surface area contributed by atoms with E-state index in [-0.39, 0.29) is 5.41 Å². The Kier molecular flexibility index (Phi) is 3.15. The van der Waals surface area contributed by atoms with E-state index < -0.39 is 0 Å². The summed E-state index contributed by atoms with van der Waals surface area (Å²) in [5, 5.41) is 0. The van der Waals surface area contributed by atoms with Gasteiger partial charge in [0.25, 0.3) is 0 Å². The summed E-state index contributed by atoms with van der Waals surface area (Å²) in [6.45, 7) is 2.90. The molecule has 1 aliphatic rings. The van der Waals surface area contributed by atoms with Gasteiger partial charge in [-0.2, -0.15) is 0 Å². The normalized spacial score (nSPS) is 16.5. The van der Waals surface area contributed by atoms with Gasteiger partial charge in [0.15, 0.2) is 0 Å². The van der Waals surface area contributed by atoms with Gasteiger partial charge in [-0.15, -0.1) is 0 Å². The van der Waals surface area contributed by atoms with E-state index in [0.717, 1.165) is 30.8 Å². The Bertz CT molecular complexity index is 550. The summed E-state index contributed by atoms with van der Waals surface area (Å²) in [5.41, 5.74) is 9.67. The summed E-state index contributed by atoms with van der Waals surface area (Å²) < 4.78 is 0. The number of aromatic amines is 1. The van der Waals surface area contributed by atoms with Gasteiger partial charge >= 0.3 is 0 Å². The SMILES string of the molecule is CCCc1ccc(-c2cnc(C3(CN)CC3)[nH]2)cc1. The molecule has 0 unspecified atom stereocenters. The minimum atomic E-state index is 0.139. The van der Waals surface area contributed by atoms with Crippen molar-refractivity contribution in [2.45, 2.75) is 38.0 Å². The molecule has 0 radical (unpaired) electrons. The Hall–Kier alpha value is -1.61. The highest BCUT2D eigenvalue weighted by molar-refractivity contribution is 5.59. The van der Waals surface area contributed by atoms with Crippen LogP contribution in [0.4, 0.5) is 0 Å². The zero-order valence-corrected chi connectivity index (χ0v) is 11.4. The summed E-state index contributed by atoms with van der Waals surface area (Å²) in [6.07, 6.45) is 6.58. The van der Waals surface area contributed by atoms with Gasteiger partial charge in [-0.3, -0.25) is 0 Å². The lowest BCUT2D eigenvalue weighted by atomic mass is 10.1. The minimum Gasteiger partial charge on any atom is -0.342 e. The second kappa shape index (κ2) is 4.82. The number of hydrogen-bond acceptors (Lipinski definition) is 2. The molecule has 1 aromatic heterocycles. The average molecular weight is 255 g/mol. The third kappa shape index (κ3) is 2.30. The van der Waals surface area contributed by atoms with Crippen LogP contribution in [0.2, 0.25) is 0 Å². The molecule has 0 bridgehead atoms. The Morgan fingerprint density at radius 3 is 2.58 bits per heavy atom.